The van der Waals surface area contributed by atoms with Gasteiger partial charge in [0, 0.05) is 12.6 Å². The largest absolute Gasteiger partial charge is 0.382 e. The van der Waals surface area contributed by atoms with E-state index in [-0.39, 0.29) is 11.9 Å². The molecule has 6 heteroatoms. The zero-order valence-corrected chi connectivity index (χ0v) is 12.2. The van der Waals surface area contributed by atoms with E-state index in [0.29, 0.717) is 17.3 Å². The minimum Gasteiger partial charge on any atom is -0.382 e. The molecule has 1 heterocycles. The maximum absolute atomic E-state index is 12.0. The number of nitrogens with zero attached hydrogens (tertiary/aromatic N) is 1. The monoisotopic (exact) mass is 270 g/mol. The second-order valence-corrected chi connectivity index (χ2v) is 5.78. The van der Waals surface area contributed by atoms with E-state index in [1.807, 2.05) is 13.8 Å². The molecule has 0 aliphatic heterocycles. The molecule has 5 nitrogen and oxygen atoms in total. The third kappa shape index (κ3) is 4.18. The molecule has 1 rings (SSSR count). The van der Waals surface area contributed by atoms with Crippen LogP contribution in [0.5, 0.6) is 0 Å². The summed E-state index contributed by atoms with van der Waals surface area (Å²) in [6, 6.07) is 0.0836. The Bertz CT molecular complexity index is 401. The highest BCUT2D eigenvalue weighted by Crippen LogP contribution is 2.26. The maximum Gasteiger partial charge on any atom is 0.258 e. The quantitative estimate of drug-likeness (QED) is 0.741. The molecule has 0 saturated carbocycles. The molecule has 18 heavy (non-hydrogen) atoms. The molecule has 0 spiro atoms. The summed E-state index contributed by atoms with van der Waals surface area (Å²) in [7, 11) is 0. The predicted molar refractivity (Wildman–Crippen MR) is 77.1 cm³/mol. The first kappa shape index (κ1) is 14.8. The Morgan fingerprint density at radius 1 is 1.39 bits per heavy atom. The van der Waals surface area contributed by atoms with Crippen LogP contribution < -0.4 is 16.4 Å². The van der Waals surface area contributed by atoms with Crippen molar-refractivity contribution in [3.63, 3.8) is 0 Å². The van der Waals surface area contributed by atoms with Gasteiger partial charge in [-0.1, -0.05) is 13.8 Å². The molecule has 4 N–H and O–H groups in total. The molecule has 0 radical (unpaired) electrons. The predicted octanol–water partition coefficient (Wildman–Crippen LogP) is 2.32. The van der Waals surface area contributed by atoms with Crippen LogP contribution in [0.4, 0.5) is 10.8 Å². The van der Waals surface area contributed by atoms with E-state index in [1.54, 1.807) is 0 Å². The van der Waals surface area contributed by atoms with E-state index in [9.17, 15) is 4.79 Å². The van der Waals surface area contributed by atoms with E-state index in [4.69, 9.17) is 5.73 Å². The molecular weight excluding hydrogens is 248 g/mol. The van der Waals surface area contributed by atoms with E-state index in [0.717, 1.165) is 18.0 Å². The van der Waals surface area contributed by atoms with Crippen LogP contribution >= 0.6 is 11.5 Å². The Kier molecular flexibility index (Phi) is 5.40. The van der Waals surface area contributed by atoms with Gasteiger partial charge in [-0.05, 0) is 37.7 Å². The Hall–Kier alpha value is -1.30. The summed E-state index contributed by atoms with van der Waals surface area (Å²) >= 11 is 1.24. The van der Waals surface area contributed by atoms with Gasteiger partial charge in [-0.2, -0.15) is 4.37 Å². The standard InChI is InChI=1S/C12H22N4OS/c1-7(2)5-6-14-12-9(10(13)16-18-12)11(17)15-8(3)4/h7-8,14H,5-6H2,1-4H3,(H2,13,16)(H,15,17). The average molecular weight is 270 g/mol. The molecule has 0 bridgehead atoms. The number of anilines is 2. The SMILES string of the molecule is CC(C)CCNc1snc(N)c1C(=O)NC(C)C. The number of nitrogens with one attached hydrogen (secondary N) is 2. The highest BCUT2D eigenvalue weighted by molar-refractivity contribution is 7.11. The zero-order valence-electron chi connectivity index (χ0n) is 11.4. The van der Waals surface area contributed by atoms with Crippen molar-refractivity contribution in [1.29, 1.82) is 0 Å². The van der Waals surface area contributed by atoms with Crippen LogP contribution in [0.2, 0.25) is 0 Å². The number of aromatic nitrogens is 1. The second kappa shape index (κ2) is 6.58. The van der Waals surface area contributed by atoms with Crippen molar-refractivity contribution in [1.82, 2.24) is 9.69 Å². The molecule has 0 saturated heterocycles. The molecule has 1 aromatic heterocycles. The van der Waals surface area contributed by atoms with E-state index >= 15 is 0 Å². The van der Waals surface area contributed by atoms with Crippen molar-refractivity contribution in [2.75, 3.05) is 17.6 Å². The fraction of sp³-hybridized carbons (Fsp3) is 0.667. The lowest BCUT2D eigenvalue weighted by atomic mass is 10.1. The second-order valence-electron chi connectivity index (χ2n) is 5.01. The average Bonchev–Trinajstić information content (AvgIpc) is 2.58. The van der Waals surface area contributed by atoms with E-state index in [1.165, 1.54) is 11.5 Å². The fourth-order valence-electron chi connectivity index (χ4n) is 1.45. The lowest BCUT2D eigenvalue weighted by molar-refractivity contribution is 0.0945. The highest BCUT2D eigenvalue weighted by Gasteiger charge is 2.19. The van der Waals surface area contributed by atoms with Gasteiger partial charge >= 0.3 is 0 Å². The normalized spacial score (nSPS) is 11.0. The van der Waals surface area contributed by atoms with Crippen molar-refractivity contribution >= 4 is 28.3 Å². The third-order valence-electron chi connectivity index (χ3n) is 2.37. The van der Waals surface area contributed by atoms with Crippen LogP contribution in [0, 0.1) is 5.92 Å². The lowest BCUT2D eigenvalue weighted by Gasteiger charge is -2.11. The van der Waals surface area contributed by atoms with Gasteiger partial charge in [0.1, 0.15) is 10.6 Å². The molecule has 102 valence electrons. The summed E-state index contributed by atoms with van der Waals surface area (Å²) in [6.45, 7) is 8.98. The number of nitrogen functional groups attached to an aromatic ring is 1. The van der Waals surface area contributed by atoms with Crippen molar-refractivity contribution < 1.29 is 4.79 Å². The molecule has 1 aromatic rings. The van der Waals surface area contributed by atoms with Crippen LogP contribution in [0.25, 0.3) is 0 Å². The van der Waals surface area contributed by atoms with Gasteiger partial charge in [0.05, 0.1) is 0 Å². The number of carbonyl (C=O) groups excluding carboxylic acids is 1. The van der Waals surface area contributed by atoms with Gasteiger partial charge in [-0.15, -0.1) is 0 Å². The zero-order chi connectivity index (χ0) is 13.7. The van der Waals surface area contributed by atoms with E-state index in [2.05, 4.69) is 28.9 Å². The molecular formula is C12H22N4OS. The maximum atomic E-state index is 12.0. The van der Waals surface area contributed by atoms with E-state index < -0.39 is 0 Å². The summed E-state index contributed by atoms with van der Waals surface area (Å²) in [5.74, 6) is 0.754. The Morgan fingerprint density at radius 3 is 2.61 bits per heavy atom. The number of nitrogens with two attached hydrogens (primary N) is 1. The first-order valence-electron chi connectivity index (χ1n) is 6.21. The number of rotatable bonds is 6. The van der Waals surface area contributed by atoms with Crippen LogP contribution in [0.1, 0.15) is 44.5 Å². The number of carbonyl (C=O) groups is 1. The van der Waals surface area contributed by atoms with Crippen molar-refractivity contribution in [2.45, 2.75) is 40.2 Å². The minimum absolute atomic E-state index is 0.0836. The summed E-state index contributed by atoms with van der Waals surface area (Å²) in [5, 5.41) is 6.82. The molecule has 0 aliphatic carbocycles. The molecule has 0 atom stereocenters. The number of hydrogen-bond acceptors (Lipinski definition) is 5. The highest BCUT2D eigenvalue weighted by atomic mass is 32.1. The summed E-state index contributed by atoms with van der Waals surface area (Å²) < 4.78 is 4.04. The minimum atomic E-state index is -0.164. The van der Waals surface area contributed by atoms with Gasteiger partial charge in [0.25, 0.3) is 5.91 Å². The van der Waals surface area contributed by atoms with Gasteiger partial charge in [0.15, 0.2) is 5.82 Å². The number of amides is 1. The van der Waals surface area contributed by atoms with Gasteiger partial charge in [-0.3, -0.25) is 4.79 Å². The van der Waals surface area contributed by atoms with Gasteiger partial charge in [0.2, 0.25) is 0 Å². The smallest absolute Gasteiger partial charge is 0.258 e. The molecule has 0 fully saturated rings. The van der Waals surface area contributed by atoms with Gasteiger partial charge < -0.3 is 16.4 Å². The topological polar surface area (TPSA) is 80.0 Å². The first-order chi connectivity index (χ1) is 8.41. The Morgan fingerprint density at radius 2 is 2.06 bits per heavy atom. The van der Waals surface area contributed by atoms with Crippen LogP contribution in [-0.4, -0.2) is 22.9 Å². The van der Waals surface area contributed by atoms with Crippen LogP contribution in [0.15, 0.2) is 0 Å². The van der Waals surface area contributed by atoms with Crippen LogP contribution in [0.3, 0.4) is 0 Å². The first-order valence-corrected chi connectivity index (χ1v) is 6.99. The lowest BCUT2D eigenvalue weighted by Crippen LogP contribution is -2.30. The summed E-state index contributed by atoms with van der Waals surface area (Å²) in [6.07, 6.45) is 1.04. The Labute approximate surface area is 112 Å². The molecule has 0 unspecified atom stereocenters. The van der Waals surface area contributed by atoms with Gasteiger partial charge in [-0.25, -0.2) is 0 Å². The third-order valence-corrected chi connectivity index (χ3v) is 3.19. The summed E-state index contributed by atoms with van der Waals surface area (Å²) in [4.78, 5) is 12.0. The molecule has 0 aromatic carbocycles. The fourth-order valence-corrected chi connectivity index (χ4v) is 2.19. The summed E-state index contributed by atoms with van der Waals surface area (Å²) in [5.41, 5.74) is 6.22. The van der Waals surface area contributed by atoms with Crippen LogP contribution in [-0.2, 0) is 0 Å². The van der Waals surface area contributed by atoms with Crippen molar-refractivity contribution in [3.8, 4) is 0 Å². The molecule has 1 amide bonds. The molecule has 0 aliphatic rings. The van der Waals surface area contributed by atoms with Crippen molar-refractivity contribution in [2.24, 2.45) is 5.92 Å². The Balaban J connectivity index is 2.72. The number of hydrogen-bond donors (Lipinski definition) is 3. The van der Waals surface area contributed by atoms with Crippen molar-refractivity contribution in [3.05, 3.63) is 5.56 Å².